The molecule has 2 N–H and O–H groups in total. The largest absolute Gasteiger partial charge is 0.325 e. The van der Waals surface area contributed by atoms with Crippen molar-refractivity contribution in [1.29, 1.82) is 0 Å². The quantitative estimate of drug-likeness (QED) is 0.527. The van der Waals surface area contributed by atoms with E-state index < -0.39 is 16.1 Å². The maximum absolute atomic E-state index is 13.3. The Kier molecular flexibility index (Phi) is 7.37. The average Bonchev–Trinajstić information content (AvgIpc) is 2.72. The van der Waals surface area contributed by atoms with Crippen molar-refractivity contribution in [3.8, 4) is 0 Å². The molecule has 0 aromatic heterocycles. The van der Waals surface area contributed by atoms with E-state index in [9.17, 15) is 22.0 Å². The van der Waals surface area contributed by atoms with Crippen molar-refractivity contribution in [3.05, 3.63) is 95.1 Å². The number of nitrogens with one attached hydrogen (secondary N) is 2. The van der Waals surface area contributed by atoms with E-state index in [4.69, 9.17) is 0 Å². The number of benzene rings is 3. The van der Waals surface area contributed by atoms with Crippen molar-refractivity contribution < 1.29 is 22.0 Å². The molecule has 3 rings (SSSR count). The predicted octanol–water partition coefficient (Wildman–Crippen LogP) is 4.36. The van der Waals surface area contributed by atoms with E-state index in [-0.39, 0.29) is 41.0 Å². The molecule has 0 aliphatic heterocycles. The number of carbonyl (C=O) groups is 1. The van der Waals surface area contributed by atoms with Gasteiger partial charge in [-0.25, -0.2) is 21.9 Å². The number of rotatable bonds is 8. The lowest BCUT2D eigenvalue weighted by atomic mass is 10.00. The van der Waals surface area contributed by atoms with E-state index in [1.54, 1.807) is 43.3 Å². The van der Waals surface area contributed by atoms with Gasteiger partial charge in [0.05, 0.1) is 5.69 Å². The van der Waals surface area contributed by atoms with Gasteiger partial charge in [-0.05, 0) is 72.9 Å². The zero-order valence-corrected chi connectivity index (χ0v) is 18.5. The minimum atomic E-state index is -4.03. The summed E-state index contributed by atoms with van der Waals surface area (Å²) in [5.41, 5.74) is 2.38. The van der Waals surface area contributed by atoms with Crippen molar-refractivity contribution in [3.63, 3.8) is 0 Å². The van der Waals surface area contributed by atoms with Crippen LogP contribution in [0, 0.1) is 18.6 Å². The second kappa shape index (κ2) is 10.0. The van der Waals surface area contributed by atoms with Gasteiger partial charge in [0.15, 0.2) is 0 Å². The first-order chi connectivity index (χ1) is 15.1. The van der Waals surface area contributed by atoms with E-state index in [0.717, 1.165) is 11.1 Å². The molecule has 0 unspecified atom stereocenters. The Labute approximate surface area is 186 Å². The zero-order valence-electron chi connectivity index (χ0n) is 17.7. The van der Waals surface area contributed by atoms with Crippen molar-refractivity contribution in [1.82, 2.24) is 4.72 Å². The van der Waals surface area contributed by atoms with Gasteiger partial charge in [0.25, 0.3) is 0 Å². The Bertz CT molecular complexity index is 1150. The van der Waals surface area contributed by atoms with Gasteiger partial charge in [-0.2, -0.15) is 0 Å². The smallest absolute Gasteiger partial charge is 0.242 e. The molecule has 3 aromatic rings. The molecule has 0 saturated carbocycles. The SMILES string of the molecule is CC(=O)Nc1ccc(C)cc1S(=O)(=O)NC(Cc1ccc(F)cc1)Cc1ccc(F)cc1. The van der Waals surface area contributed by atoms with Crippen LogP contribution in [-0.2, 0) is 27.7 Å². The molecule has 168 valence electrons. The minimum absolute atomic E-state index is 0.0455. The maximum atomic E-state index is 13.3. The summed E-state index contributed by atoms with van der Waals surface area (Å²) < 4.78 is 55.9. The first kappa shape index (κ1) is 23.6. The molecule has 8 heteroatoms. The number of sulfonamides is 1. The Morgan fingerprint density at radius 2 is 1.38 bits per heavy atom. The monoisotopic (exact) mass is 458 g/mol. The van der Waals surface area contributed by atoms with Crippen LogP contribution in [0.3, 0.4) is 0 Å². The summed E-state index contributed by atoms with van der Waals surface area (Å²) in [7, 11) is -4.03. The molecule has 0 aliphatic carbocycles. The topological polar surface area (TPSA) is 75.3 Å². The molecule has 0 saturated heterocycles. The average molecular weight is 459 g/mol. The Morgan fingerprint density at radius 3 is 1.84 bits per heavy atom. The van der Waals surface area contributed by atoms with Gasteiger partial charge in [-0.1, -0.05) is 30.3 Å². The fraction of sp³-hybridized carbons (Fsp3) is 0.208. The summed E-state index contributed by atoms with van der Waals surface area (Å²) in [5.74, 6) is -1.16. The minimum Gasteiger partial charge on any atom is -0.325 e. The van der Waals surface area contributed by atoms with E-state index >= 15 is 0 Å². The number of carbonyl (C=O) groups excluding carboxylic acids is 1. The Hall–Kier alpha value is -3.10. The first-order valence-electron chi connectivity index (χ1n) is 10.0. The normalized spacial score (nSPS) is 11.5. The van der Waals surface area contributed by atoms with E-state index in [1.165, 1.54) is 37.3 Å². The van der Waals surface area contributed by atoms with Crippen LogP contribution < -0.4 is 10.0 Å². The van der Waals surface area contributed by atoms with Crippen molar-refractivity contribution in [2.45, 2.75) is 37.6 Å². The van der Waals surface area contributed by atoms with Gasteiger partial charge in [0, 0.05) is 13.0 Å². The standard InChI is InChI=1S/C24H24F2N2O3S/c1-16-3-12-23(27-17(2)29)24(13-16)32(30,31)28-22(14-18-4-8-20(25)9-5-18)15-19-6-10-21(26)11-7-19/h3-13,22,28H,14-15H2,1-2H3,(H,27,29). The maximum Gasteiger partial charge on any atom is 0.242 e. The van der Waals surface area contributed by atoms with E-state index in [1.807, 2.05) is 0 Å². The number of hydrogen-bond acceptors (Lipinski definition) is 3. The molecule has 0 aliphatic rings. The molecule has 0 radical (unpaired) electrons. The summed E-state index contributed by atoms with van der Waals surface area (Å²) in [5, 5.41) is 2.55. The third-order valence-electron chi connectivity index (χ3n) is 4.85. The molecule has 32 heavy (non-hydrogen) atoms. The second-order valence-electron chi connectivity index (χ2n) is 7.66. The summed E-state index contributed by atoms with van der Waals surface area (Å²) >= 11 is 0. The van der Waals surface area contributed by atoms with Gasteiger partial charge in [0.1, 0.15) is 16.5 Å². The fourth-order valence-electron chi connectivity index (χ4n) is 3.39. The summed E-state index contributed by atoms with van der Waals surface area (Å²) in [6, 6.07) is 15.8. The number of halogens is 2. The molecule has 0 heterocycles. The molecule has 0 bridgehead atoms. The lowest BCUT2D eigenvalue weighted by molar-refractivity contribution is -0.114. The fourth-order valence-corrected chi connectivity index (χ4v) is 4.88. The van der Waals surface area contributed by atoms with Crippen LogP contribution in [-0.4, -0.2) is 20.4 Å². The number of amides is 1. The highest BCUT2D eigenvalue weighted by Crippen LogP contribution is 2.24. The van der Waals surface area contributed by atoms with Crippen LogP contribution in [0.25, 0.3) is 0 Å². The lowest BCUT2D eigenvalue weighted by Crippen LogP contribution is -2.38. The van der Waals surface area contributed by atoms with Gasteiger partial charge < -0.3 is 5.32 Å². The van der Waals surface area contributed by atoms with Crippen molar-refractivity contribution >= 4 is 21.6 Å². The van der Waals surface area contributed by atoms with Gasteiger partial charge in [-0.3, -0.25) is 4.79 Å². The summed E-state index contributed by atoms with van der Waals surface area (Å²) in [4.78, 5) is 11.5. The van der Waals surface area contributed by atoms with Crippen LogP contribution in [0.2, 0.25) is 0 Å². The van der Waals surface area contributed by atoms with Crippen LogP contribution in [0.15, 0.2) is 71.6 Å². The summed E-state index contributed by atoms with van der Waals surface area (Å²) in [6.45, 7) is 3.06. The van der Waals surface area contributed by atoms with Crippen LogP contribution in [0.1, 0.15) is 23.6 Å². The highest BCUT2D eigenvalue weighted by Gasteiger charge is 2.24. The zero-order chi connectivity index (χ0) is 23.3. The highest BCUT2D eigenvalue weighted by molar-refractivity contribution is 7.89. The van der Waals surface area contributed by atoms with Crippen molar-refractivity contribution in [2.24, 2.45) is 0 Å². The van der Waals surface area contributed by atoms with E-state index in [0.29, 0.717) is 5.56 Å². The van der Waals surface area contributed by atoms with Crippen molar-refractivity contribution in [2.75, 3.05) is 5.32 Å². The number of anilines is 1. The third kappa shape index (κ3) is 6.45. The molecular formula is C24H24F2N2O3S. The Balaban J connectivity index is 1.93. The number of aryl methyl sites for hydroxylation is 1. The molecule has 1 amide bonds. The van der Waals surface area contributed by atoms with Gasteiger partial charge in [-0.15, -0.1) is 0 Å². The highest BCUT2D eigenvalue weighted by atomic mass is 32.2. The van der Waals surface area contributed by atoms with Crippen LogP contribution in [0.5, 0.6) is 0 Å². The second-order valence-corrected chi connectivity index (χ2v) is 9.34. The van der Waals surface area contributed by atoms with Crippen LogP contribution in [0.4, 0.5) is 14.5 Å². The van der Waals surface area contributed by atoms with E-state index in [2.05, 4.69) is 10.0 Å². The van der Waals surface area contributed by atoms with Gasteiger partial charge >= 0.3 is 0 Å². The molecule has 3 aromatic carbocycles. The molecule has 5 nitrogen and oxygen atoms in total. The first-order valence-corrected chi connectivity index (χ1v) is 11.5. The third-order valence-corrected chi connectivity index (χ3v) is 6.41. The molecule has 0 fully saturated rings. The summed E-state index contributed by atoms with van der Waals surface area (Å²) in [6.07, 6.45) is 0.580. The van der Waals surface area contributed by atoms with Gasteiger partial charge in [0.2, 0.25) is 15.9 Å². The van der Waals surface area contributed by atoms with Crippen LogP contribution >= 0.6 is 0 Å². The Morgan fingerprint density at radius 1 is 0.875 bits per heavy atom. The molecule has 0 spiro atoms. The number of hydrogen-bond donors (Lipinski definition) is 2. The predicted molar refractivity (Wildman–Crippen MR) is 120 cm³/mol. The molecular weight excluding hydrogens is 434 g/mol. The lowest BCUT2D eigenvalue weighted by Gasteiger charge is -2.21. The molecule has 0 atom stereocenters.